The fourth-order valence-electron chi connectivity index (χ4n) is 2.89. The molecule has 1 unspecified atom stereocenters. The summed E-state index contributed by atoms with van der Waals surface area (Å²) in [4.78, 5) is 17.0. The summed E-state index contributed by atoms with van der Waals surface area (Å²) in [7, 11) is 3.23. The molecule has 0 fully saturated rings. The number of fused-ring (bicyclic) bond motifs is 1. The van der Waals surface area contributed by atoms with E-state index in [1.54, 1.807) is 37.3 Å². The molecule has 3 rings (SSSR count). The summed E-state index contributed by atoms with van der Waals surface area (Å²) in [6, 6.07) is 13.6. The van der Waals surface area contributed by atoms with Crippen molar-refractivity contribution in [3.63, 3.8) is 0 Å². The maximum atomic E-state index is 12.4. The first-order valence-electron chi connectivity index (χ1n) is 9.62. The smallest absolute Gasteiger partial charge is 0.230 e. The van der Waals surface area contributed by atoms with Gasteiger partial charge in [-0.2, -0.15) is 0 Å². The minimum Gasteiger partial charge on any atom is -0.493 e. The molecule has 0 aliphatic rings. The number of rotatable bonds is 11. The van der Waals surface area contributed by atoms with Crippen molar-refractivity contribution in [1.82, 2.24) is 10.3 Å². The van der Waals surface area contributed by atoms with E-state index >= 15 is 0 Å². The molecule has 0 bridgehead atoms. The number of benzene rings is 2. The number of thiazole rings is 1. The van der Waals surface area contributed by atoms with E-state index in [0.717, 1.165) is 21.8 Å². The molecule has 2 aromatic carbocycles. The zero-order valence-electron chi connectivity index (χ0n) is 17.3. The van der Waals surface area contributed by atoms with Gasteiger partial charge in [0.05, 0.1) is 35.7 Å². The molecule has 0 aliphatic heterocycles. The van der Waals surface area contributed by atoms with Crippen molar-refractivity contribution >= 4 is 39.2 Å². The lowest BCUT2D eigenvalue weighted by molar-refractivity contribution is -0.119. The van der Waals surface area contributed by atoms with E-state index in [4.69, 9.17) is 14.2 Å². The molecule has 30 heavy (non-hydrogen) atoms. The number of nitrogens with zero attached hydrogens (tertiary/aromatic N) is 1. The highest BCUT2D eigenvalue weighted by Gasteiger charge is 2.14. The zero-order chi connectivity index (χ0) is 21.3. The lowest BCUT2D eigenvalue weighted by Gasteiger charge is -2.17. The quantitative estimate of drug-likeness (QED) is 0.439. The molecule has 0 spiro atoms. The molecule has 1 atom stereocenters. The van der Waals surface area contributed by atoms with E-state index in [-0.39, 0.29) is 11.9 Å². The van der Waals surface area contributed by atoms with Crippen molar-refractivity contribution in [2.24, 2.45) is 0 Å². The second kappa shape index (κ2) is 11.2. The summed E-state index contributed by atoms with van der Waals surface area (Å²) < 4.78 is 17.3. The summed E-state index contributed by atoms with van der Waals surface area (Å²) in [6.07, 6.45) is 0. The molecule has 1 N–H and O–H groups in total. The van der Waals surface area contributed by atoms with Crippen LogP contribution in [0, 0.1) is 0 Å². The average molecular weight is 447 g/mol. The fraction of sp³-hybridized carbons (Fsp3) is 0.364. The highest BCUT2D eigenvalue weighted by atomic mass is 32.2. The SMILES string of the molecule is COCCOc1ccc(C(C)NC(=O)CSCc2nc3ccccc3s2)cc1OC. The van der Waals surface area contributed by atoms with Gasteiger partial charge in [0.1, 0.15) is 11.6 Å². The maximum absolute atomic E-state index is 12.4. The molecule has 1 aromatic heterocycles. The predicted octanol–water partition coefficient (Wildman–Crippen LogP) is 4.44. The monoisotopic (exact) mass is 446 g/mol. The third kappa shape index (κ3) is 6.10. The first-order valence-corrected chi connectivity index (χ1v) is 11.6. The van der Waals surface area contributed by atoms with Crippen LogP contribution in [0.25, 0.3) is 10.2 Å². The van der Waals surface area contributed by atoms with Gasteiger partial charge in [-0.3, -0.25) is 4.79 Å². The van der Waals surface area contributed by atoms with Gasteiger partial charge < -0.3 is 19.5 Å². The van der Waals surface area contributed by atoms with Crippen LogP contribution < -0.4 is 14.8 Å². The number of methoxy groups -OCH3 is 2. The Bertz CT molecular complexity index is 944. The number of thioether (sulfide) groups is 1. The van der Waals surface area contributed by atoms with Crippen LogP contribution in [-0.2, 0) is 15.3 Å². The number of hydrogen-bond donors (Lipinski definition) is 1. The third-order valence-electron chi connectivity index (χ3n) is 4.41. The average Bonchev–Trinajstić information content (AvgIpc) is 3.16. The Morgan fingerprint density at radius 1 is 1.17 bits per heavy atom. The molecule has 3 aromatic rings. The molecular formula is C22H26N2O4S2. The molecule has 0 aliphatic carbocycles. The molecule has 160 valence electrons. The van der Waals surface area contributed by atoms with E-state index in [0.29, 0.717) is 30.5 Å². The van der Waals surface area contributed by atoms with Crippen LogP contribution in [0.3, 0.4) is 0 Å². The van der Waals surface area contributed by atoms with Crippen LogP contribution in [-0.4, -0.2) is 44.1 Å². The molecule has 1 amide bonds. The van der Waals surface area contributed by atoms with E-state index in [1.165, 1.54) is 4.70 Å². The van der Waals surface area contributed by atoms with Gasteiger partial charge in [0.25, 0.3) is 0 Å². The van der Waals surface area contributed by atoms with Crippen molar-refractivity contribution in [3.05, 3.63) is 53.0 Å². The topological polar surface area (TPSA) is 69.7 Å². The minimum absolute atomic E-state index is 0.00648. The number of hydrogen-bond acceptors (Lipinski definition) is 7. The van der Waals surface area contributed by atoms with Crippen molar-refractivity contribution in [3.8, 4) is 11.5 Å². The molecule has 6 nitrogen and oxygen atoms in total. The fourth-order valence-corrected chi connectivity index (χ4v) is 4.75. The van der Waals surface area contributed by atoms with E-state index in [2.05, 4.69) is 16.4 Å². The lowest BCUT2D eigenvalue weighted by Crippen LogP contribution is -2.28. The van der Waals surface area contributed by atoms with E-state index in [9.17, 15) is 4.79 Å². The second-order valence-corrected chi connectivity index (χ2v) is 8.71. The van der Waals surface area contributed by atoms with Crippen LogP contribution in [0.4, 0.5) is 0 Å². The summed E-state index contributed by atoms with van der Waals surface area (Å²) in [6.45, 7) is 2.91. The number of ether oxygens (including phenoxy) is 3. The predicted molar refractivity (Wildman–Crippen MR) is 123 cm³/mol. The van der Waals surface area contributed by atoms with Crippen molar-refractivity contribution in [2.75, 3.05) is 33.2 Å². The summed E-state index contributed by atoms with van der Waals surface area (Å²) in [5.74, 6) is 2.39. The van der Waals surface area contributed by atoms with Gasteiger partial charge in [-0.15, -0.1) is 23.1 Å². The molecular weight excluding hydrogens is 420 g/mol. The number of nitrogens with one attached hydrogen (secondary N) is 1. The zero-order valence-corrected chi connectivity index (χ0v) is 19.0. The largest absolute Gasteiger partial charge is 0.493 e. The van der Waals surface area contributed by atoms with Gasteiger partial charge in [0.15, 0.2) is 11.5 Å². The Morgan fingerprint density at radius 2 is 2.00 bits per heavy atom. The van der Waals surface area contributed by atoms with Crippen molar-refractivity contribution < 1.29 is 19.0 Å². The first kappa shape index (κ1) is 22.4. The standard InChI is InChI=1S/C22H26N2O4S2/c1-15(16-8-9-18(19(12-16)27-3)28-11-10-26-2)23-21(25)13-29-14-22-24-17-6-4-5-7-20(17)30-22/h4-9,12,15H,10-11,13-14H2,1-3H3,(H,23,25). The van der Waals surface area contributed by atoms with E-state index < -0.39 is 0 Å². The van der Waals surface area contributed by atoms with Crippen LogP contribution >= 0.6 is 23.1 Å². The normalized spacial score (nSPS) is 12.0. The van der Waals surface area contributed by atoms with Crippen LogP contribution in [0.2, 0.25) is 0 Å². The molecule has 0 saturated carbocycles. The molecule has 8 heteroatoms. The Kier molecular flexibility index (Phi) is 8.36. The lowest BCUT2D eigenvalue weighted by atomic mass is 10.1. The van der Waals surface area contributed by atoms with Crippen LogP contribution in [0.5, 0.6) is 11.5 Å². The highest BCUT2D eigenvalue weighted by Crippen LogP contribution is 2.30. The second-order valence-electron chi connectivity index (χ2n) is 6.61. The van der Waals surface area contributed by atoms with Gasteiger partial charge in [-0.25, -0.2) is 4.98 Å². The number of aromatic nitrogens is 1. The Balaban J connectivity index is 1.49. The van der Waals surface area contributed by atoms with Crippen LogP contribution in [0.1, 0.15) is 23.5 Å². The van der Waals surface area contributed by atoms with Gasteiger partial charge in [0, 0.05) is 12.9 Å². The number of para-hydroxylation sites is 1. The summed E-state index contributed by atoms with van der Waals surface area (Å²) >= 11 is 3.24. The summed E-state index contributed by atoms with van der Waals surface area (Å²) in [5, 5.41) is 4.08. The maximum Gasteiger partial charge on any atom is 0.230 e. The molecule has 0 saturated heterocycles. The Hall–Kier alpha value is -2.29. The van der Waals surface area contributed by atoms with Gasteiger partial charge in [-0.1, -0.05) is 18.2 Å². The van der Waals surface area contributed by atoms with Crippen LogP contribution in [0.15, 0.2) is 42.5 Å². The molecule has 1 heterocycles. The highest BCUT2D eigenvalue weighted by molar-refractivity contribution is 7.99. The van der Waals surface area contributed by atoms with Gasteiger partial charge in [-0.05, 0) is 36.8 Å². The number of carbonyl (C=O) groups is 1. The minimum atomic E-state index is -0.137. The number of amides is 1. The Morgan fingerprint density at radius 3 is 2.77 bits per heavy atom. The Labute approximate surface area is 184 Å². The number of carbonyl (C=O) groups excluding carboxylic acids is 1. The van der Waals surface area contributed by atoms with Gasteiger partial charge in [0.2, 0.25) is 5.91 Å². The molecule has 0 radical (unpaired) electrons. The van der Waals surface area contributed by atoms with Crippen molar-refractivity contribution in [2.45, 2.75) is 18.7 Å². The van der Waals surface area contributed by atoms with Gasteiger partial charge >= 0.3 is 0 Å². The summed E-state index contributed by atoms with van der Waals surface area (Å²) in [5.41, 5.74) is 1.97. The third-order valence-corrected chi connectivity index (χ3v) is 6.57. The van der Waals surface area contributed by atoms with Crippen molar-refractivity contribution in [1.29, 1.82) is 0 Å². The van der Waals surface area contributed by atoms with E-state index in [1.807, 2.05) is 43.3 Å². The first-order chi connectivity index (χ1) is 14.6.